The van der Waals surface area contributed by atoms with Gasteiger partial charge in [-0.05, 0) is 44.0 Å². The van der Waals surface area contributed by atoms with E-state index >= 15 is 0 Å². The summed E-state index contributed by atoms with van der Waals surface area (Å²) in [4.78, 5) is 11.2. The second kappa shape index (κ2) is 5.06. The average molecular weight is 307 g/mol. The van der Waals surface area contributed by atoms with E-state index in [2.05, 4.69) is 28.0 Å². The molecule has 0 spiro atoms. The number of benzene rings is 1. The smallest absolute Gasteiger partial charge is 0.152 e. The standard InChI is InChI=1S/C14H15BrN2O/c1-4-13-9(2)16-17(10(13)3)14-6-5-12(15)7-11(14)8-18/h5-8H,4H2,1-3H3. The van der Waals surface area contributed by atoms with Gasteiger partial charge in [-0.2, -0.15) is 5.10 Å². The van der Waals surface area contributed by atoms with E-state index in [9.17, 15) is 4.79 Å². The number of carbonyl (C=O) groups is 1. The van der Waals surface area contributed by atoms with Crippen LogP contribution in [0.4, 0.5) is 0 Å². The van der Waals surface area contributed by atoms with Crippen LogP contribution < -0.4 is 0 Å². The summed E-state index contributed by atoms with van der Waals surface area (Å²) in [7, 11) is 0. The maximum atomic E-state index is 11.2. The molecule has 0 aliphatic heterocycles. The number of halogens is 1. The Bertz CT molecular complexity index is 602. The molecule has 3 nitrogen and oxygen atoms in total. The first-order valence-electron chi connectivity index (χ1n) is 5.88. The SMILES string of the molecule is CCc1c(C)nn(-c2ccc(Br)cc2C=O)c1C. The summed E-state index contributed by atoms with van der Waals surface area (Å²) in [5, 5.41) is 4.53. The van der Waals surface area contributed by atoms with E-state index in [1.165, 1.54) is 5.56 Å². The molecule has 0 aliphatic carbocycles. The van der Waals surface area contributed by atoms with Gasteiger partial charge in [0.15, 0.2) is 6.29 Å². The van der Waals surface area contributed by atoms with Crippen LogP contribution in [0.5, 0.6) is 0 Å². The lowest BCUT2D eigenvalue weighted by atomic mass is 10.1. The summed E-state index contributed by atoms with van der Waals surface area (Å²) in [5.74, 6) is 0. The Labute approximate surface area is 115 Å². The van der Waals surface area contributed by atoms with E-state index in [0.717, 1.165) is 34.3 Å². The number of hydrogen-bond acceptors (Lipinski definition) is 2. The van der Waals surface area contributed by atoms with E-state index in [-0.39, 0.29) is 0 Å². The zero-order chi connectivity index (χ0) is 13.3. The predicted octanol–water partition coefficient (Wildman–Crippen LogP) is 3.63. The van der Waals surface area contributed by atoms with E-state index in [1.54, 1.807) is 0 Å². The van der Waals surface area contributed by atoms with E-state index < -0.39 is 0 Å². The highest BCUT2D eigenvalue weighted by Gasteiger charge is 2.13. The molecule has 18 heavy (non-hydrogen) atoms. The second-order valence-electron chi connectivity index (χ2n) is 4.24. The first-order chi connectivity index (χ1) is 8.58. The van der Waals surface area contributed by atoms with Gasteiger partial charge in [0.05, 0.1) is 11.4 Å². The number of carbonyl (C=O) groups excluding carboxylic acids is 1. The van der Waals surface area contributed by atoms with E-state index in [0.29, 0.717) is 5.56 Å². The Hall–Kier alpha value is -1.42. The fourth-order valence-corrected chi connectivity index (χ4v) is 2.61. The van der Waals surface area contributed by atoms with E-state index in [1.807, 2.05) is 36.7 Å². The summed E-state index contributed by atoms with van der Waals surface area (Å²) in [6, 6.07) is 5.64. The van der Waals surface area contributed by atoms with Crippen LogP contribution in [0.25, 0.3) is 5.69 Å². The first kappa shape index (κ1) is 13.0. The Balaban J connectivity index is 2.65. The Morgan fingerprint density at radius 3 is 2.67 bits per heavy atom. The number of hydrogen-bond donors (Lipinski definition) is 0. The molecule has 1 aromatic carbocycles. The van der Waals surface area contributed by atoms with Gasteiger partial charge < -0.3 is 0 Å². The average Bonchev–Trinajstić information content (AvgIpc) is 2.64. The number of aromatic nitrogens is 2. The summed E-state index contributed by atoms with van der Waals surface area (Å²) in [5.41, 5.74) is 4.83. The topological polar surface area (TPSA) is 34.9 Å². The molecule has 1 aromatic heterocycles. The van der Waals surface area contributed by atoms with Crippen LogP contribution in [-0.2, 0) is 6.42 Å². The van der Waals surface area contributed by atoms with Crippen LogP contribution in [0, 0.1) is 13.8 Å². The lowest BCUT2D eigenvalue weighted by Gasteiger charge is -2.08. The largest absolute Gasteiger partial charge is 0.298 e. The van der Waals surface area contributed by atoms with Gasteiger partial charge in [-0.1, -0.05) is 22.9 Å². The highest BCUT2D eigenvalue weighted by atomic mass is 79.9. The molecular formula is C14H15BrN2O. The molecule has 0 N–H and O–H groups in total. The molecular weight excluding hydrogens is 292 g/mol. The zero-order valence-electron chi connectivity index (χ0n) is 10.7. The molecule has 0 bridgehead atoms. The van der Waals surface area contributed by atoms with Crippen LogP contribution in [0.15, 0.2) is 22.7 Å². The molecule has 0 fully saturated rings. The highest BCUT2D eigenvalue weighted by molar-refractivity contribution is 9.10. The minimum absolute atomic E-state index is 0.637. The van der Waals surface area contributed by atoms with Crippen LogP contribution >= 0.6 is 15.9 Å². The Morgan fingerprint density at radius 1 is 1.39 bits per heavy atom. The Morgan fingerprint density at radius 2 is 2.11 bits per heavy atom. The van der Waals surface area contributed by atoms with Crippen molar-refractivity contribution in [1.82, 2.24) is 9.78 Å². The molecule has 0 atom stereocenters. The van der Waals surface area contributed by atoms with Crippen molar-refractivity contribution in [2.75, 3.05) is 0 Å². The van der Waals surface area contributed by atoms with Crippen molar-refractivity contribution >= 4 is 22.2 Å². The molecule has 2 rings (SSSR count). The predicted molar refractivity (Wildman–Crippen MR) is 75.5 cm³/mol. The summed E-state index contributed by atoms with van der Waals surface area (Å²) >= 11 is 3.37. The fraction of sp³-hybridized carbons (Fsp3) is 0.286. The monoisotopic (exact) mass is 306 g/mol. The number of aryl methyl sites for hydroxylation is 1. The maximum absolute atomic E-state index is 11.2. The van der Waals surface area contributed by atoms with Gasteiger partial charge in [0.25, 0.3) is 0 Å². The number of nitrogens with zero attached hydrogens (tertiary/aromatic N) is 2. The number of aldehydes is 1. The molecule has 1 heterocycles. The molecule has 4 heteroatoms. The van der Waals surface area contributed by atoms with Crippen LogP contribution in [0.3, 0.4) is 0 Å². The Kier molecular flexibility index (Phi) is 3.66. The lowest BCUT2D eigenvalue weighted by Crippen LogP contribution is -2.03. The van der Waals surface area contributed by atoms with Crippen molar-refractivity contribution in [3.63, 3.8) is 0 Å². The summed E-state index contributed by atoms with van der Waals surface area (Å²) in [6.07, 6.45) is 1.81. The van der Waals surface area contributed by atoms with Crippen LogP contribution in [0.1, 0.15) is 34.2 Å². The molecule has 0 unspecified atom stereocenters. The molecule has 2 aromatic rings. The molecule has 94 valence electrons. The van der Waals surface area contributed by atoms with Gasteiger partial charge in [-0.15, -0.1) is 0 Å². The molecule has 0 radical (unpaired) electrons. The van der Waals surface area contributed by atoms with E-state index in [4.69, 9.17) is 0 Å². The van der Waals surface area contributed by atoms with Crippen molar-refractivity contribution in [1.29, 1.82) is 0 Å². The minimum atomic E-state index is 0.637. The molecule has 0 aliphatic rings. The highest BCUT2D eigenvalue weighted by Crippen LogP contribution is 2.23. The van der Waals surface area contributed by atoms with Gasteiger partial charge in [-0.25, -0.2) is 4.68 Å². The van der Waals surface area contributed by atoms with Crippen LogP contribution in [-0.4, -0.2) is 16.1 Å². The third-order valence-electron chi connectivity index (χ3n) is 3.14. The first-order valence-corrected chi connectivity index (χ1v) is 6.68. The van der Waals surface area contributed by atoms with Crippen molar-refractivity contribution in [3.05, 3.63) is 45.2 Å². The van der Waals surface area contributed by atoms with Gasteiger partial charge in [0.1, 0.15) is 0 Å². The van der Waals surface area contributed by atoms with Crippen molar-refractivity contribution < 1.29 is 4.79 Å². The molecule has 0 saturated heterocycles. The molecule has 0 amide bonds. The van der Waals surface area contributed by atoms with Gasteiger partial charge in [0, 0.05) is 15.7 Å². The van der Waals surface area contributed by atoms with Crippen molar-refractivity contribution in [3.8, 4) is 5.69 Å². The fourth-order valence-electron chi connectivity index (χ4n) is 2.23. The van der Waals surface area contributed by atoms with Gasteiger partial charge >= 0.3 is 0 Å². The zero-order valence-corrected chi connectivity index (χ0v) is 12.3. The van der Waals surface area contributed by atoms with Gasteiger partial charge in [-0.3, -0.25) is 4.79 Å². The summed E-state index contributed by atoms with van der Waals surface area (Å²) in [6.45, 7) is 6.15. The summed E-state index contributed by atoms with van der Waals surface area (Å²) < 4.78 is 2.75. The van der Waals surface area contributed by atoms with Crippen LogP contribution in [0.2, 0.25) is 0 Å². The van der Waals surface area contributed by atoms with Crippen molar-refractivity contribution in [2.45, 2.75) is 27.2 Å². The third kappa shape index (κ3) is 2.12. The van der Waals surface area contributed by atoms with Gasteiger partial charge in [0.2, 0.25) is 0 Å². The molecule has 0 saturated carbocycles. The quantitative estimate of drug-likeness (QED) is 0.812. The number of rotatable bonds is 3. The van der Waals surface area contributed by atoms with Crippen molar-refractivity contribution in [2.24, 2.45) is 0 Å². The second-order valence-corrected chi connectivity index (χ2v) is 5.15. The minimum Gasteiger partial charge on any atom is -0.298 e. The third-order valence-corrected chi connectivity index (χ3v) is 3.63. The maximum Gasteiger partial charge on any atom is 0.152 e. The normalized spacial score (nSPS) is 10.7. The lowest BCUT2D eigenvalue weighted by molar-refractivity contribution is 0.112.